The van der Waals surface area contributed by atoms with Gasteiger partial charge in [-0.3, -0.25) is 19.4 Å². The average molecular weight is 560 g/mol. The maximum absolute atomic E-state index is 13.1. The third-order valence-electron chi connectivity index (χ3n) is 7.90. The normalized spacial score (nSPS) is 19.3. The topological polar surface area (TPSA) is 97.8 Å². The van der Waals surface area contributed by atoms with E-state index in [0.29, 0.717) is 48.6 Å². The van der Waals surface area contributed by atoms with Crippen LogP contribution in [0.5, 0.6) is 11.5 Å². The van der Waals surface area contributed by atoms with Crippen LogP contribution in [0.4, 0.5) is 4.39 Å². The van der Waals surface area contributed by atoms with E-state index in [9.17, 15) is 18.8 Å². The third-order valence-corrected chi connectivity index (χ3v) is 7.90. The first-order chi connectivity index (χ1) is 19.9. The van der Waals surface area contributed by atoms with Crippen molar-refractivity contribution in [1.29, 1.82) is 0 Å². The molecular weight excluding hydrogens is 525 g/mol. The molecule has 0 atom stereocenters. The molecule has 2 fully saturated rings. The summed E-state index contributed by atoms with van der Waals surface area (Å²) < 4.78 is 24.2. The lowest BCUT2D eigenvalue weighted by Crippen LogP contribution is -2.41. The Balaban J connectivity index is 1.07. The molecule has 5 rings (SSSR count). The number of nitrogens with zero attached hydrogens (tertiary/aromatic N) is 2. The van der Waals surface area contributed by atoms with Crippen LogP contribution in [0.25, 0.3) is 0 Å². The fourth-order valence-corrected chi connectivity index (χ4v) is 5.45. The molecule has 0 radical (unpaired) electrons. The fourth-order valence-electron chi connectivity index (χ4n) is 5.45. The summed E-state index contributed by atoms with van der Waals surface area (Å²) in [5.41, 5.74) is 1.33. The largest absolute Gasteiger partial charge is 0.497 e. The van der Waals surface area contributed by atoms with Crippen LogP contribution in [0.3, 0.4) is 0 Å². The lowest BCUT2D eigenvalue weighted by atomic mass is 9.88. The van der Waals surface area contributed by atoms with Gasteiger partial charge in [-0.25, -0.2) is 4.39 Å². The molecule has 9 heteroatoms. The third kappa shape index (κ3) is 7.09. The van der Waals surface area contributed by atoms with E-state index in [1.807, 2.05) is 0 Å². The van der Waals surface area contributed by atoms with Crippen LogP contribution in [0.2, 0.25) is 0 Å². The summed E-state index contributed by atoms with van der Waals surface area (Å²) in [5, 5.41) is 3.06. The van der Waals surface area contributed by atoms with Gasteiger partial charge in [-0.15, -0.1) is 0 Å². The molecule has 1 saturated carbocycles. The molecule has 0 unspecified atom stereocenters. The first-order valence-electron chi connectivity index (χ1n) is 14.1. The van der Waals surface area contributed by atoms with Gasteiger partial charge in [-0.1, -0.05) is 0 Å². The number of methoxy groups -OCH3 is 1. The second-order valence-corrected chi connectivity index (χ2v) is 10.6. The first-order valence-corrected chi connectivity index (χ1v) is 14.1. The Bertz CT molecular complexity index is 1350. The summed E-state index contributed by atoms with van der Waals surface area (Å²) in [7, 11) is 1.59. The number of halogens is 1. The van der Waals surface area contributed by atoms with E-state index < -0.39 is 0 Å². The number of Topliss-reactive ketones (excluding diaryl/α,β-unsaturated/α-hetero) is 1. The number of ketones is 1. The van der Waals surface area contributed by atoms with Crippen molar-refractivity contribution < 1.29 is 28.2 Å². The van der Waals surface area contributed by atoms with E-state index in [4.69, 9.17) is 9.47 Å². The number of pyridine rings is 1. The summed E-state index contributed by atoms with van der Waals surface area (Å²) in [6.45, 7) is 0.950. The highest BCUT2D eigenvalue weighted by Crippen LogP contribution is 2.26. The fraction of sp³-hybridized carbons (Fsp3) is 0.375. The van der Waals surface area contributed by atoms with Crippen molar-refractivity contribution in [2.45, 2.75) is 50.7 Å². The van der Waals surface area contributed by atoms with E-state index in [-0.39, 0.29) is 47.2 Å². The molecule has 0 bridgehead atoms. The van der Waals surface area contributed by atoms with Gasteiger partial charge in [0.2, 0.25) is 0 Å². The molecule has 1 aliphatic carbocycles. The van der Waals surface area contributed by atoms with Crippen LogP contribution in [0, 0.1) is 11.7 Å². The van der Waals surface area contributed by atoms with E-state index in [2.05, 4.69) is 10.3 Å². The van der Waals surface area contributed by atoms with Crippen LogP contribution >= 0.6 is 0 Å². The molecule has 0 spiro atoms. The molecule has 214 valence electrons. The van der Waals surface area contributed by atoms with Gasteiger partial charge < -0.3 is 19.7 Å². The second kappa shape index (κ2) is 12.9. The number of benzene rings is 2. The first kappa shape index (κ1) is 28.3. The van der Waals surface area contributed by atoms with Crippen molar-refractivity contribution in [2.24, 2.45) is 5.92 Å². The standard InChI is InChI=1S/C32H34FN3O5/c1-40-26-9-2-21(3-10-26)30(37)22-16-18-36(19-17-22)32(39)29-15-4-23(20-34-29)31(38)35-25-7-13-28(14-8-25)41-27-11-5-24(33)6-12-27/h2-6,9-12,15,20,22,25,28H,7-8,13-14,16-19H2,1H3,(H,35,38)/t25-,28+. The minimum Gasteiger partial charge on any atom is -0.497 e. The van der Waals surface area contributed by atoms with Gasteiger partial charge in [0.15, 0.2) is 5.78 Å². The molecule has 2 aliphatic rings. The Hall–Kier alpha value is -4.27. The van der Waals surface area contributed by atoms with Crippen LogP contribution in [0.15, 0.2) is 66.9 Å². The van der Waals surface area contributed by atoms with Crippen molar-refractivity contribution >= 4 is 17.6 Å². The summed E-state index contributed by atoms with van der Waals surface area (Å²) in [6.07, 6.45) is 5.78. The zero-order valence-electron chi connectivity index (χ0n) is 23.1. The van der Waals surface area contributed by atoms with Gasteiger partial charge in [-0.05, 0) is 99.2 Å². The molecular formula is C32H34FN3O5. The smallest absolute Gasteiger partial charge is 0.272 e. The van der Waals surface area contributed by atoms with E-state index in [1.165, 1.54) is 18.3 Å². The van der Waals surface area contributed by atoms with Crippen LogP contribution in [-0.2, 0) is 0 Å². The zero-order chi connectivity index (χ0) is 28.8. The molecule has 1 N–H and O–H groups in total. The molecule has 8 nitrogen and oxygen atoms in total. The molecule has 1 aliphatic heterocycles. The quantitative estimate of drug-likeness (QED) is 0.387. The SMILES string of the molecule is COc1ccc(C(=O)C2CCN(C(=O)c3ccc(C(=O)N[C@H]4CC[C@@H](Oc5ccc(F)cc5)CC4)cn3)CC2)cc1. The summed E-state index contributed by atoms with van der Waals surface area (Å²) in [6, 6.07) is 16.3. The Morgan fingerprint density at radius 2 is 1.46 bits per heavy atom. The number of likely N-dealkylation sites (tertiary alicyclic amines) is 1. The molecule has 2 heterocycles. The van der Waals surface area contributed by atoms with E-state index in [1.54, 1.807) is 60.5 Å². The highest BCUT2D eigenvalue weighted by Gasteiger charge is 2.29. The van der Waals surface area contributed by atoms with Gasteiger partial charge >= 0.3 is 0 Å². The molecule has 41 heavy (non-hydrogen) atoms. The van der Waals surface area contributed by atoms with Crippen molar-refractivity contribution in [2.75, 3.05) is 20.2 Å². The van der Waals surface area contributed by atoms with Gasteiger partial charge in [0, 0.05) is 36.8 Å². The highest BCUT2D eigenvalue weighted by atomic mass is 19.1. The van der Waals surface area contributed by atoms with E-state index >= 15 is 0 Å². The predicted molar refractivity (Wildman–Crippen MR) is 151 cm³/mol. The van der Waals surface area contributed by atoms with Crippen LogP contribution in [0.1, 0.15) is 69.7 Å². The van der Waals surface area contributed by atoms with Crippen molar-refractivity contribution in [3.8, 4) is 11.5 Å². The lowest BCUT2D eigenvalue weighted by Gasteiger charge is -2.31. The summed E-state index contributed by atoms with van der Waals surface area (Å²) in [5.74, 6) is 0.582. The second-order valence-electron chi connectivity index (χ2n) is 10.6. The number of ether oxygens (including phenoxy) is 2. The van der Waals surface area contributed by atoms with Crippen molar-refractivity contribution in [3.05, 3.63) is 89.5 Å². The number of hydrogen-bond acceptors (Lipinski definition) is 6. The van der Waals surface area contributed by atoms with Gasteiger partial charge in [0.05, 0.1) is 18.8 Å². The lowest BCUT2D eigenvalue weighted by molar-refractivity contribution is 0.0645. The number of rotatable bonds is 8. The van der Waals surface area contributed by atoms with Crippen LogP contribution < -0.4 is 14.8 Å². The number of hydrogen-bond donors (Lipinski definition) is 1. The minimum atomic E-state index is -0.297. The highest BCUT2D eigenvalue weighted by molar-refractivity contribution is 5.99. The Kier molecular flexibility index (Phi) is 8.91. The van der Waals surface area contributed by atoms with Crippen LogP contribution in [-0.4, -0.2) is 59.8 Å². The van der Waals surface area contributed by atoms with Gasteiger partial charge in [0.1, 0.15) is 23.0 Å². The van der Waals surface area contributed by atoms with Gasteiger partial charge in [-0.2, -0.15) is 0 Å². The minimum absolute atomic E-state index is 0.0267. The monoisotopic (exact) mass is 559 g/mol. The molecule has 1 saturated heterocycles. The Labute approximate surface area is 238 Å². The number of carbonyl (C=O) groups is 3. The molecule has 2 amide bonds. The number of carbonyl (C=O) groups excluding carboxylic acids is 3. The predicted octanol–water partition coefficient (Wildman–Crippen LogP) is 5.08. The molecule has 1 aromatic heterocycles. The maximum atomic E-state index is 13.1. The van der Waals surface area contributed by atoms with E-state index in [0.717, 1.165) is 25.7 Å². The van der Waals surface area contributed by atoms with Gasteiger partial charge in [0.25, 0.3) is 11.8 Å². The van der Waals surface area contributed by atoms with Crippen molar-refractivity contribution in [1.82, 2.24) is 15.2 Å². The summed E-state index contributed by atoms with van der Waals surface area (Å²) in [4.78, 5) is 44.7. The average Bonchev–Trinajstić information content (AvgIpc) is 3.02. The zero-order valence-corrected chi connectivity index (χ0v) is 23.1. The number of nitrogens with one attached hydrogen (secondary N) is 1. The molecule has 3 aromatic rings. The maximum Gasteiger partial charge on any atom is 0.272 e. The number of piperidine rings is 1. The number of amides is 2. The molecule has 2 aromatic carbocycles. The van der Waals surface area contributed by atoms with Crippen molar-refractivity contribution in [3.63, 3.8) is 0 Å². The number of aromatic nitrogens is 1. The Morgan fingerprint density at radius 3 is 2.07 bits per heavy atom. The summed E-state index contributed by atoms with van der Waals surface area (Å²) >= 11 is 0. The Morgan fingerprint density at radius 1 is 0.829 bits per heavy atom.